The number of pyridine rings is 1. The summed E-state index contributed by atoms with van der Waals surface area (Å²) in [7, 11) is 11.8. The van der Waals surface area contributed by atoms with Gasteiger partial charge in [0.25, 0.3) is 5.91 Å². The first kappa shape index (κ1) is 94.0. The Bertz CT molecular complexity index is 8890. The van der Waals surface area contributed by atoms with Crippen LogP contribution in [0.5, 0.6) is 0 Å². The van der Waals surface area contributed by atoms with Crippen molar-refractivity contribution in [2.24, 2.45) is 7.05 Å². The van der Waals surface area contributed by atoms with Crippen LogP contribution in [0.25, 0.3) is 142 Å². The van der Waals surface area contributed by atoms with Crippen LogP contribution in [0.15, 0.2) is 280 Å². The second kappa shape index (κ2) is 38.3. The highest BCUT2D eigenvalue weighted by Crippen LogP contribution is 2.55. The number of aromatic nitrogens is 10. The molecule has 0 radical (unpaired) electrons. The lowest BCUT2D eigenvalue weighted by atomic mass is 9.95. The maximum absolute atomic E-state index is 13.8. The summed E-state index contributed by atoms with van der Waals surface area (Å²) in [5.74, 6) is 0.0487. The second-order valence-corrected chi connectivity index (χ2v) is 41.0. The number of benzene rings is 10. The Balaban J connectivity index is 0.000000103. The molecular weight excluding hydrogens is 1860 g/mol. The summed E-state index contributed by atoms with van der Waals surface area (Å²) < 4.78 is 33.1. The molecule has 149 heavy (non-hydrogen) atoms. The van der Waals surface area contributed by atoms with E-state index in [1.165, 1.54) is 0 Å². The molecule has 14 heterocycles. The van der Waals surface area contributed by atoms with Gasteiger partial charge in [-0.2, -0.15) is 0 Å². The normalized spacial score (nSPS) is 19.4. The number of Topliss-reactive ketones (excluding diaryl/α,β-unsaturated/α-hetero) is 7. The lowest BCUT2D eigenvalue weighted by Gasteiger charge is -2.44. The molecule has 26 heteroatoms. The van der Waals surface area contributed by atoms with Crippen LogP contribution in [0, 0.1) is 0 Å². The van der Waals surface area contributed by atoms with E-state index < -0.39 is 12.3 Å². The van der Waals surface area contributed by atoms with Gasteiger partial charge in [-0.1, -0.05) is 170 Å². The maximum Gasteiger partial charge on any atom is 0.253 e. The van der Waals surface area contributed by atoms with Crippen molar-refractivity contribution in [1.82, 2.24) is 66.9 Å². The number of para-hydroxylation sites is 8. The first-order chi connectivity index (χ1) is 72.8. The third kappa shape index (κ3) is 16.2. The van der Waals surface area contributed by atoms with E-state index in [1.807, 2.05) is 212 Å². The molecule has 744 valence electrons. The van der Waals surface area contributed by atoms with Crippen LogP contribution in [-0.2, 0) is 76.1 Å². The van der Waals surface area contributed by atoms with Crippen LogP contribution in [-0.4, -0.2) is 219 Å². The molecule has 6 bridgehead atoms. The van der Waals surface area contributed by atoms with Crippen LogP contribution in [0.4, 0.5) is 5.95 Å². The number of likely N-dealkylation sites (N-methyl/N-ethyl adjacent to an activating group) is 3. The van der Waals surface area contributed by atoms with Gasteiger partial charge >= 0.3 is 0 Å². The van der Waals surface area contributed by atoms with Crippen molar-refractivity contribution in [3.63, 3.8) is 0 Å². The number of carbonyl (C=O) groups excluding carboxylic acids is 8. The predicted molar refractivity (Wildman–Crippen MR) is 583 cm³/mol. The van der Waals surface area contributed by atoms with Gasteiger partial charge in [0.15, 0.2) is 46.7 Å². The highest BCUT2D eigenvalue weighted by Gasteiger charge is 2.50. The lowest BCUT2D eigenvalue weighted by Crippen LogP contribution is -2.53. The Morgan fingerprint density at radius 3 is 1.61 bits per heavy atom. The minimum absolute atomic E-state index is 0.0478. The van der Waals surface area contributed by atoms with Gasteiger partial charge in [-0.3, -0.25) is 48.2 Å². The molecule has 9 aromatic heterocycles. The van der Waals surface area contributed by atoms with E-state index in [2.05, 4.69) is 165 Å². The molecule has 10 aromatic carbocycles. The molecule has 5 atom stereocenters. The fourth-order valence-corrected chi connectivity index (χ4v) is 25.1. The van der Waals surface area contributed by atoms with Crippen LogP contribution < -0.4 is 4.90 Å². The fourth-order valence-electron chi connectivity index (χ4n) is 25.1. The molecule has 0 spiro atoms. The average Bonchev–Trinajstić information content (AvgIpc) is 1.50. The van der Waals surface area contributed by atoms with Crippen molar-refractivity contribution in [2.75, 3.05) is 92.6 Å². The molecule has 4 aliphatic carbocycles. The number of H-pyrrole nitrogens is 1. The standard InChI is InChI=1S/C35H29N3O4.C33H30N4O2.C29H29N3O3.C26H23N5O2/c1-36(34(40)19-10-4-3-5-11-19)25-18-27-37-23-14-8-7-13-21(23)30-29-22(16-17-26(29)39)28-20-12-6-9-15-24(20)38(31(28)32(30)37)35(42-27)33(25)41-2;1-35-20-26(24-9-2-4-11-28(24)35)32-30(38)18-31(39)33(32)27-21-37(29-12-5-3-10-25(27)29)23-13-16-36(17-14-23)19-22-8-6-7-15-34-22;1-30(2)16-19-11-12-31-17-22(20-7-3-5-9-24(20)31)28-26(33)15-27(34)29(28)23-18-32(13-14-35-19)25-10-6-4-8-21(23)25;1-30-10-12-31(13-11-30)26-28-20-9-5-3-7-17(20)25(29-26)24-22(33)14-21(32)23(24)18-15-27-19-8-4-2-6-16(18)19/h3-15,25,27,33,35H,16-18H2,1-2H3;2-12,15,20-21,23H,13-14,16-19H2,1H3;3-10,17-19H,11-16H2,1-2H3;2-9,15,27H,10-14H2,1H3/t25-,27?,33-,35+;;19-;/m1.0./s1. The van der Waals surface area contributed by atoms with Crippen LogP contribution in [0.3, 0.4) is 0 Å². The zero-order valence-electron chi connectivity index (χ0n) is 83.9. The van der Waals surface area contributed by atoms with Crippen LogP contribution in [0.1, 0.15) is 135 Å². The van der Waals surface area contributed by atoms with Gasteiger partial charge in [-0.25, -0.2) is 9.97 Å². The van der Waals surface area contributed by atoms with E-state index in [-0.39, 0.29) is 84.0 Å². The molecule has 1 amide bonds. The molecule has 3 saturated heterocycles. The molecule has 1 N–H and O–H groups in total. The first-order valence-corrected chi connectivity index (χ1v) is 51.7. The van der Waals surface area contributed by atoms with Crippen molar-refractivity contribution in [3.05, 3.63) is 336 Å². The number of likely N-dealkylation sites (tertiary alicyclic amines) is 1. The quantitative estimate of drug-likeness (QED) is 0.105. The molecule has 9 aliphatic rings. The monoisotopic (exact) mass is 1970 g/mol. The lowest BCUT2D eigenvalue weighted by molar-refractivity contribution is -0.203. The summed E-state index contributed by atoms with van der Waals surface area (Å²) >= 11 is 0. The summed E-state index contributed by atoms with van der Waals surface area (Å²) in [6.07, 6.45) is 15.2. The largest absolute Gasteiger partial charge is 0.375 e. The number of anilines is 1. The maximum atomic E-state index is 13.8. The number of fused-ring (bicyclic) bond motifs is 29. The summed E-state index contributed by atoms with van der Waals surface area (Å²) in [6.45, 7) is 9.19. The Labute approximate surface area is 858 Å². The highest BCUT2D eigenvalue weighted by atomic mass is 16.6. The molecule has 3 fully saturated rings. The van der Waals surface area contributed by atoms with Gasteiger partial charge < -0.3 is 66.2 Å². The molecule has 0 saturated carbocycles. The van der Waals surface area contributed by atoms with Gasteiger partial charge in [0.05, 0.1) is 82.6 Å². The summed E-state index contributed by atoms with van der Waals surface area (Å²) in [6, 6.07) is 80.5. The Hall–Kier alpha value is -16.1. The second-order valence-electron chi connectivity index (χ2n) is 41.0. The van der Waals surface area contributed by atoms with Gasteiger partial charge in [0.2, 0.25) is 5.95 Å². The molecule has 26 nitrogen and oxygen atoms in total. The zero-order valence-corrected chi connectivity index (χ0v) is 83.9. The number of nitrogens with one attached hydrogen (secondary N) is 1. The minimum atomic E-state index is -0.482. The number of rotatable bonds is 13. The van der Waals surface area contributed by atoms with E-state index in [0.717, 1.165) is 238 Å². The van der Waals surface area contributed by atoms with Crippen LogP contribution in [0.2, 0.25) is 0 Å². The van der Waals surface area contributed by atoms with Gasteiger partial charge in [-0.15, -0.1) is 0 Å². The fraction of sp³-hybridized carbons (Fsp3) is 0.260. The van der Waals surface area contributed by atoms with Crippen molar-refractivity contribution < 1.29 is 52.6 Å². The van der Waals surface area contributed by atoms with E-state index in [9.17, 15) is 38.4 Å². The predicted octanol–water partition coefficient (Wildman–Crippen LogP) is 20.2. The molecule has 1 unspecified atom stereocenters. The number of nitrogens with zero attached hydrogens (tertiary/aromatic N) is 14. The number of methoxy groups -OCH3 is 1. The SMILES string of the molecule is CN(C)C[C@@H]1CCn2cc(c3ccccc32)C2=C(C(=O)CC2=O)c2cn(c3ccccc23)CCO1.CN1CCN(c2nc(C3=C(c4c[nH]c5ccccc45)C(=O)CC3=O)c3ccccc3n2)CC1.CO[C@@H]1[C@H](N(C)C(=O)c2ccccc2)CC2O[C@@H]1n1c3ccccc3c3c4c(c5c6ccccc6n2c5c31)C(=O)CC4.Cn1cc(C2=C(c3cn(C4CCN(Cc5ccccn5)CC4)c4ccccc34)C(=O)CC2=O)c2ccccc21. The number of hydrogen-bond acceptors (Lipinski definition) is 18. The number of allylic oxidation sites excluding steroid dienone is 6. The Morgan fingerprint density at radius 1 is 0.463 bits per heavy atom. The Kier molecular flexibility index (Phi) is 24.2. The van der Waals surface area contributed by atoms with Crippen molar-refractivity contribution >= 4 is 195 Å². The third-order valence-electron chi connectivity index (χ3n) is 32.0. The van der Waals surface area contributed by atoms with Gasteiger partial charge in [-0.05, 0) is 125 Å². The van der Waals surface area contributed by atoms with E-state index in [0.29, 0.717) is 82.7 Å². The summed E-state index contributed by atoms with van der Waals surface area (Å²) in [5.41, 5.74) is 21.7. The number of hydrogen-bond donors (Lipinski definition) is 1. The number of piperazine rings is 1. The topological polar surface area (TPSA) is 264 Å². The highest BCUT2D eigenvalue weighted by molar-refractivity contribution is 6.54. The van der Waals surface area contributed by atoms with Gasteiger partial charge in [0, 0.05) is 291 Å². The number of aromatic amines is 1. The van der Waals surface area contributed by atoms with E-state index >= 15 is 0 Å². The van der Waals surface area contributed by atoms with Crippen molar-refractivity contribution in [3.8, 4) is 0 Å². The minimum Gasteiger partial charge on any atom is -0.375 e. The first-order valence-electron chi connectivity index (χ1n) is 51.7. The third-order valence-corrected chi connectivity index (χ3v) is 32.0. The van der Waals surface area contributed by atoms with E-state index in [1.54, 1.807) is 7.11 Å². The number of aryl methyl sites for hydroxylation is 3. The Morgan fingerprint density at radius 2 is 0.980 bits per heavy atom. The molecular formula is C123H111N15O11. The summed E-state index contributed by atoms with van der Waals surface area (Å²) in [5, 5.41) is 10.1. The zero-order chi connectivity index (χ0) is 101. The van der Waals surface area contributed by atoms with Crippen LogP contribution >= 0.6 is 0 Å². The number of amides is 1. The number of carbonyl (C=O) groups is 8. The number of ketones is 7. The molecule has 28 rings (SSSR count). The van der Waals surface area contributed by atoms with E-state index in [4.69, 9.17) is 24.2 Å². The smallest absolute Gasteiger partial charge is 0.253 e. The molecule has 5 aliphatic heterocycles. The molecule has 19 aromatic rings. The number of ether oxygens (including phenoxy) is 3. The van der Waals surface area contributed by atoms with Crippen molar-refractivity contribution in [1.29, 1.82) is 0 Å². The van der Waals surface area contributed by atoms with Gasteiger partial charge in [0.1, 0.15) is 12.3 Å². The summed E-state index contributed by atoms with van der Waals surface area (Å²) in [4.78, 5) is 135. The van der Waals surface area contributed by atoms with Crippen molar-refractivity contribution in [2.45, 2.75) is 114 Å². The number of piperidine rings is 1. The average molecular weight is 1980 g/mol.